The van der Waals surface area contributed by atoms with Gasteiger partial charge in [0.15, 0.2) is 11.5 Å². The number of ether oxygens (including phenoxy) is 2. The van der Waals surface area contributed by atoms with Crippen LogP contribution in [-0.4, -0.2) is 23.0 Å². The number of nitrogens with zero attached hydrogens (tertiary/aromatic N) is 2. The maximum absolute atomic E-state index is 5.85. The van der Waals surface area contributed by atoms with E-state index in [4.69, 9.17) is 15.2 Å². The predicted molar refractivity (Wildman–Crippen MR) is 73.4 cm³/mol. The molecule has 5 heteroatoms. The molecular weight excluding hydrogens is 242 g/mol. The quantitative estimate of drug-likeness (QED) is 0.896. The average molecular weight is 259 g/mol. The van der Waals surface area contributed by atoms with Crippen LogP contribution in [0.3, 0.4) is 0 Å². The Balaban J connectivity index is 2.16. The van der Waals surface area contributed by atoms with Crippen LogP contribution in [-0.2, 0) is 13.5 Å². The van der Waals surface area contributed by atoms with Crippen LogP contribution in [0.1, 0.15) is 12.5 Å². The summed E-state index contributed by atoms with van der Waals surface area (Å²) < 4.78 is 13.0. The van der Waals surface area contributed by atoms with E-state index in [2.05, 4.69) is 12.0 Å². The second-order valence-electron chi connectivity index (χ2n) is 4.55. The second-order valence-corrected chi connectivity index (χ2v) is 4.55. The number of nitrogens with two attached hydrogens (primary N) is 1. The van der Waals surface area contributed by atoms with E-state index in [1.165, 1.54) is 0 Å². The van der Waals surface area contributed by atoms with Crippen molar-refractivity contribution in [3.63, 3.8) is 0 Å². The van der Waals surface area contributed by atoms with E-state index in [1.807, 2.05) is 25.2 Å². The standard InChI is InChI=1S/C14H17N3O2/c1-3-9-10(11-8-13(15)17(2)16-11)4-5-12-14(9)19-7-6-18-12/h4-5,8H,3,6-7,15H2,1-2H3. The molecule has 0 aliphatic carbocycles. The van der Waals surface area contributed by atoms with Crippen molar-refractivity contribution in [1.29, 1.82) is 0 Å². The lowest BCUT2D eigenvalue weighted by molar-refractivity contribution is 0.170. The summed E-state index contributed by atoms with van der Waals surface area (Å²) in [6.45, 7) is 3.29. The lowest BCUT2D eigenvalue weighted by Crippen LogP contribution is -2.16. The Bertz CT molecular complexity index is 600. The van der Waals surface area contributed by atoms with E-state index < -0.39 is 0 Å². The van der Waals surface area contributed by atoms with Crippen molar-refractivity contribution in [2.24, 2.45) is 7.05 Å². The molecule has 1 aliphatic heterocycles. The zero-order valence-corrected chi connectivity index (χ0v) is 11.1. The van der Waals surface area contributed by atoms with Crippen molar-refractivity contribution >= 4 is 5.82 Å². The molecular formula is C14H17N3O2. The first kappa shape index (κ1) is 11.9. The van der Waals surface area contributed by atoms with Gasteiger partial charge in [0.05, 0.1) is 5.69 Å². The van der Waals surface area contributed by atoms with Gasteiger partial charge in [0, 0.05) is 24.2 Å². The van der Waals surface area contributed by atoms with Crippen LogP contribution in [0, 0.1) is 0 Å². The number of hydrogen-bond acceptors (Lipinski definition) is 4. The number of aromatic nitrogens is 2. The fraction of sp³-hybridized carbons (Fsp3) is 0.357. The minimum absolute atomic E-state index is 0.591. The van der Waals surface area contributed by atoms with Crippen molar-refractivity contribution in [3.05, 3.63) is 23.8 Å². The maximum atomic E-state index is 5.85. The molecule has 100 valence electrons. The molecule has 2 N–H and O–H groups in total. The van der Waals surface area contributed by atoms with E-state index in [9.17, 15) is 0 Å². The normalized spacial score (nSPS) is 13.6. The molecule has 5 nitrogen and oxygen atoms in total. The van der Waals surface area contributed by atoms with E-state index in [1.54, 1.807) is 4.68 Å². The number of aryl methyl sites for hydroxylation is 1. The molecule has 0 bridgehead atoms. The summed E-state index contributed by atoms with van der Waals surface area (Å²) in [5, 5.41) is 4.43. The van der Waals surface area contributed by atoms with Crippen molar-refractivity contribution in [1.82, 2.24) is 9.78 Å². The summed E-state index contributed by atoms with van der Waals surface area (Å²) in [6, 6.07) is 5.84. The molecule has 0 spiro atoms. The number of rotatable bonds is 2. The fourth-order valence-electron chi connectivity index (χ4n) is 2.38. The average Bonchev–Trinajstić information content (AvgIpc) is 2.77. The molecule has 0 unspecified atom stereocenters. The Kier molecular flexibility index (Phi) is 2.81. The molecule has 2 aromatic rings. The van der Waals surface area contributed by atoms with Gasteiger partial charge in [-0.2, -0.15) is 5.10 Å². The largest absolute Gasteiger partial charge is 0.486 e. The van der Waals surface area contributed by atoms with Crippen LogP contribution in [0.4, 0.5) is 5.82 Å². The Labute approximate surface area is 111 Å². The minimum Gasteiger partial charge on any atom is -0.486 e. The fourth-order valence-corrected chi connectivity index (χ4v) is 2.38. The van der Waals surface area contributed by atoms with E-state index >= 15 is 0 Å². The number of nitrogen functional groups attached to an aromatic ring is 1. The predicted octanol–water partition coefficient (Wildman–Crippen LogP) is 2.00. The van der Waals surface area contributed by atoms with Gasteiger partial charge in [-0.05, 0) is 18.6 Å². The van der Waals surface area contributed by atoms with Crippen molar-refractivity contribution < 1.29 is 9.47 Å². The summed E-state index contributed by atoms with van der Waals surface area (Å²) >= 11 is 0. The molecule has 19 heavy (non-hydrogen) atoms. The topological polar surface area (TPSA) is 62.3 Å². The van der Waals surface area contributed by atoms with Crippen LogP contribution >= 0.6 is 0 Å². The van der Waals surface area contributed by atoms with E-state index in [-0.39, 0.29) is 0 Å². The molecule has 0 radical (unpaired) electrons. The summed E-state index contributed by atoms with van der Waals surface area (Å²) in [4.78, 5) is 0. The summed E-state index contributed by atoms with van der Waals surface area (Å²) in [7, 11) is 1.84. The van der Waals surface area contributed by atoms with Crippen molar-refractivity contribution in [2.75, 3.05) is 18.9 Å². The first-order valence-electron chi connectivity index (χ1n) is 6.42. The number of benzene rings is 1. The van der Waals surface area contributed by atoms with Crippen LogP contribution in [0.5, 0.6) is 11.5 Å². The molecule has 0 amide bonds. The highest BCUT2D eigenvalue weighted by molar-refractivity contribution is 5.71. The molecule has 0 saturated carbocycles. The van der Waals surface area contributed by atoms with Crippen LogP contribution < -0.4 is 15.2 Å². The summed E-state index contributed by atoms with van der Waals surface area (Å²) in [5.74, 6) is 2.30. The van der Waals surface area contributed by atoms with Crippen LogP contribution in [0.25, 0.3) is 11.3 Å². The van der Waals surface area contributed by atoms with Crippen LogP contribution in [0.2, 0.25) is 0 Å². The van der Waals surface area contributed by atoms with Gasteiger partial charge >= 0.3 is 0 Å². The van der Waals surface area contributed by atoms with Gasteiger partial charge in [-0.15, -0.1) is 0 Å². The zero-order valence-electron chi connectivity index (χ0n) is 11.1. The monoisotopic (exact) mass is 259 g/mol. The summed E-state index contributed by atoms with van der Waals surface area (Å²) in [5.41, 5.74) is 8.90. The van der Waals surface area contributed by atoms with Gasteiger partial charge in [-0.3, -0.25) is 4.68 Å². The van der Waals surface area contributed by atoms with Crippen molar-refractivity contribution in [2.45, 2.75) is 13.3 Å². The first-order valence-corrected chi connectivity index (χ1v) is 6.42. The second kappa shape index (κ2) is 4.50. The Morgan fingerprint density at radius 3 is 2.79 bits per heavy atom. The molecule has 0 atom stereocenters. The highest BCUT2D eigenvalue weighted by Gasteiger charge is 2.20. The minimum atomic E-state index is 0.591. The molecule has 0 saturated heterocycles. The molecule has 2 heterocycles. The molecule has 3 rings (SSSR count). The lowest BCUT2D eigenvalue weighted by Gasteiger charge is -2.22. The Morgan fingerprint density at radius 2 is 2.11 bits per heavy atom. The molecule has 1 aromatic carbocycles. The summed E-state index contributed by atoms with van der Waals surface area (Å²) in [6.07, 6.45) is 0.859. The van der Waals surface area contributed by atoms with Gasteiger partial charge in [0.2, 0.25) is 0 Å². The highest BCUT2D eigenvalue weighted by Crippen LogP contribution is 2.40. The molecule has 1 aliphatic rings. The Hall–Kier alpha value is -2.17. The van der Waals surface area contributed by atoms with Gasteiger partial charge in [0.1, 0.15) is 19.0 Å². The van der Waals surface area contributed by atoms with Crippen LogP contribution in [0.15, 0.2) is 18.2 Å². The third-order valence-electron chi connectivity index (χ3n) is 3.36. The lowest BCUT2D eigenvalue weighted by atomic mass is 10.0. The third kappa shape index (κ3) is 1.91. The SMILES string of the molecule is CCc1c(-c2cc(N)n(C)n2)ccc2c1OCCO2. The molecule has 1 aromatic heterocycles. The number of fused-ring (bicyclic) bond motifs is 1. The van der Waals surface area contributed by atoms with Gasteiger partial charge in [-0.1, -0.05) is 6.92 Å². The van der Waals surface area contributed by atoms with Gasteiger partial charge < -0.3 is 15.2 Å². The molecule has 0 fully saturated rings. The van der Waals surface area contributed by atoms with E-state index in [0.29, 0.717) is 19.0 Å². The smallest absolute Gasteiger partial charge is 0.165 e. The number of anilines is 1. The number of hydrogen-bond donors (Lipinski definition) is 1. The maximum Gasteiger partial charge on any atom is 0.165 e. The Morgan fingerprint density at radius 1 is 1.32 bits per heavy atom. The van der Waals surface area contributed by atoms with Gasteiger partial charge in [0.25, 0.3) is 0 Å². The van der Waals surface area contributed by atoms with Crippen molar-refractivity contribution in [3.8, 4) is 22.8 Å². The highest BCUT2D eigenvalue weighted by atomic mass is 16.6. The third-order valence-corrected chi connectivity index (χ3v) is 3.36. The zero-order chi connectivity index (χ0) is 13.4. The van der Waals surface area contributed by atoms with E-state index in [0.717, 1.165) is 34.7 Å². The first-order chi connectivity index (χ1) is 9.20. The van der Waals surface area contributed by atoms with Gasteiger partial charge in [-0.25, -0.2) is 0 Å².